The smallest absolute Gasteiger partial charge is 0.259 e. The summed E-state index contributed by atoms with van der Waals surface area (Å²) in [5.41, 5.74) is 1.37. The Morgan fingerprint density at radius 2 is 1.83 bits per heavy atom. The van der Waals surface area contributed by atoms with E-state index in [1.165, 1.54) is 11.3 Å². The lowest BCUT2D eigenvalue weighted by Crippen LogP contribution is -2.18. The zero-order valence-electron chi connectivity index (χ0n) is 12.3. The lowest BCUT2D eigenvalue weighted by molar-refractivity contribution is 0.102. The van der Waals surface area contributed by atoms with Crippen LogP contribution in [0.3, 0.4) is 0 Å². The molecule has 0 bridgehead atoms. The van der Waals surface area contributed by atoms with Crippen molar-refractivity contribution in [3.63, 3.8) is 0 Å². The van der Waals surface area contributed by atoms with E-state index in [2.05, 4.69) is 38.2 Å². The second-order valence-electron chi connectivity index (χ2n) is 4.80. The van der Waals surface area contributed by atoms with Crippen LogP contribution >= 0.6 is 33.9 Å². The summed E-state index contributed by atoms with van der Waals surface area (Å²) >= 11 is 3.48. The number of para-hydroxylation sites is 1. The van der Waals surface area contributed by atoms with Crippen LogP contribution in [0, 0.1) is 3.57 Å². The van der Waals surface area contributed by atoms with Gasteiger partial charge in [-0.15, -0.1) is 11.3 Å². The second kappa shape index (κ2) is 7.54. The third-order valence-electron chi connectivity index (χ3n) is 3.16. The number of carbonyl (C=O) groups excluding carboxylic acids is 2. The molecule has 3 aromatic rings. The largest absolute Gasteiger partial charge is 0.321 e. The molecule has 2 N–H and O–H groups in total. The van der Waals surface area contributed by atoms with Crippen LogP contribution in [0.25, 0.3) is 0 Å². The standard InChI is InChI=1S/C17H12IN3O2S/c18-12-5-3-4-11(10-12)15(22)20-14-7-2-1-6-13(14)16(23)21-17-19-8-9-24-17/h1-10H,(H,20,22)(H,19,21,23). The number of hydrogen-bond donors (Lipinski definition) is 2. The van der Waals surface area contributed by atoms with E-state index in [1.807, 2.05) is 12.1 Å². The molecule has 0 spiro atoms. The van der Waals surface area contributed by atoms with Gasteiger partial charge in [0.15, 0.2) is 5.13 Å². The van der Waals surface area contributed by atoms with Crippen molar-refractivity contribution in [3.05, 3.63) is 74.8 Å². The Balaban J connectivity index is 1.81. The number of anilines is 2. The number of nitrogens with zero attached hydrogens (tertiary/aromatic N) is 1. The van der Waals surface area contributed by atoms with Crippen LogP contribution in [0.1, 0.15) is 20.7 Å². The van der Waals surface area contributed by atoms with E-state index >= 15 is 0 Å². The summed E-state index contributed by atoms with van der Waals surface area (Å²) in [5, 5.41) is 7.80. The Hall–Kier alpha value is -2.26. The Bertz CT molecular complexity index is 881. The van der Waals surface area contributed by atoms with Crippen LogP contribution in [0.4, 0.5) is 10.8 Å². The van der Waals surface area contributed by atoms with Crippen LogP contribution < -0.4 is 10.6 Å². The van der Waals surface area contributed by atoms with E-state index in [0.717, 1.165) is 3.57 Å². The predicted molar refractivity (Wildman–Crippen MR) is 104 cm³/mol. The number of rotatable bonds is 4. The molecular weight excluding hydrogens is 437 g/mol. The van der Waals surface area contributed by atoms with Crippen LogP contribution in [-0.4, -0.2) is 16.8 Å². The highest BCUT2D eigenvalue weighted by Gasteiger charge is 2.15. The highest BCUT2D eigenvalue weighted by Crippen LogP contribution is 2.19. The molecule has 0 aliphatic rings. The fourth-order valence-corrected chi connectivity index (χ4v) is 3.13. The lowest BCUT2D eigenvalue weighted by atomic mass is 10.1. The van der Waals surface area contributed by atoms with E-state index in [1.54, 1.807) is 48.0 Å². The Morgan fingerprint density at radius 1 is 1.00 bits per heavy atom. The van der Waals surface area contributed by atoms with Gasteiger partial charge in [-0.3, -0.25) is 14.9 Å². The van der Waals surface area contributed by atoms with Gasteiger partial charge in [0.05, 0.1) is 11.3 Å². The van der Waals surface area contributed by atoms with Gasteiger partial charge in [-0.2, -0.15) is 0 Å². The van der Waals surface area contributed by atoms with Gasteiger partial charge < -0.3 is 5.32 Å². The molecule has 0 radical (unpaired) electrons. The van der Waals surface area contributed by atoms with Crippen molar-refractivity contribution in [1.29, 1.82) is 0 Å². The average Bonchev–Trinajstić information content (AvgIpc) is 3.08. The second-order valence-corrected chi connectivity index (χ2v) is 6.94. The first-order valence-electron chi connectivity index (χ1n) is 7.00. The minimum absolute atomic E-state index is 0.261. The number of aromatic nitrogens is 1. The van der Waals surface area contributed by atoms with E-state index in [9.17, 15) is 9.59 Å². The Morgan fingerprint density at radius 3 is 2.58 bits per heavy atom. The molecule has 3 rings (SSSR count). The topological polar surface area (TPSA) is 71.1 Å². The van der Waals surface area contributed by atoms with Crippen molar-refractivity contribution in [2.45, 2.75) is 0 Å². The molecule has 24 heavy (non-hydrogen) atoms. The molecule has 1 aromatic heterocycles. The zero-order chi connectivity index (χ0) is 16.9. The number of halogens is 1. The SMILES string of the molecule is O=C(Nc1ccccc1C(=O)Nc1nccs1)c1cccc(I)c1. The molecule has 0 aliphatic carbocycles. The van der Waals surface area contributed by atoms with E-state index in [4.69, 9.17) is 0 Å². The molecule has 0 saturated heterocycles. The highest BCUT2D eigenvalue weighted by atomic mass is 127. The summed E-state index contributed by atoms with van der Waals surface area (Å²) in [4.78, 5) is 28.8. The average molecular weight is 449 g/mol. The molecule has 2 amide bonds. The maximum Gasteiger partial charge on any atom is 0.259 e. The number of carbonyl (C=O) groups is 2. The first-order chi connectivity index (χ1) is 11.6. The minimum Gasteiger partial charge on any atom is -0.321 e. The van der Waals surface area contributed by atoms with Crippen molar-refractivity contribution >= 4 is 56.6 Å². The fourth-order valence-electron chi connectivity index (χ4n) is 2.06. The molecule has 120 valence electrons. The van der Waals surface area contributed by atoms with Gasteiger partial charge in [-0.1, -0.05) is 18.2 Å². The van der Waals surface area contributed by atoms with Crippen LogP contribution in [-0.2, 0) is 0 Å². The summed E-state index contributed by atoms with van der Waals surface area (Å²) in [6, 6.07) is 14.1. The minimum atomic E-state index is -0.316. The molecule has 0 aliphatic heterocycles. The van der Waals surface area contributed by atoms with Gasteiger partial charge in [0.2, 0.25) is 0 Å². The molecule has 0 atom stereocenters. The third kappa shape index (κ3) is 3.98. The molecule has 0 unspecified atom stereocenters. The van der Waals surface area contributed by atoms with Crippen LogP contribution in [0.2, 0.25) is 0 Å². The van der Waals surface area contributed by atoms with E-state index in [0.29, 0.717) is 21.9 Å². The fraction of sp³-hybridized carbons (Fsp3) is 0. The van der Waals surface area contributed by atoms with Crippen molar-refractivity contribution < 1.29 is 9.59 Å². The lowest BCUT2D eigenvalue weighted by Gasteiger charge is -2.10. The van der Waals surface area contributed by atoms with Gasteiger partial charge in [0, 0.05) is 20.7 Å². The maximum atomic E-state index is 12.4. The van der Waals surface area contributed by atoms with Crippen molar-refractivity contribution in [2.75, 3.05) is 10.6 Å². The molecular formula is C17H12IN3O2S. The number of benzene rings is 2. The summed E-state index contributed by atoms with van der Waals surface area (Å²) in [5.74, 6) is -0.577. The Kier molecular flexibility index (Phi) is 5.21. The zero-order valence-corrected chi connectivity index (χ0v) is 15.3. The quantitative estimate of drug-likeness (QED) is 0.586. The van der Waals surface area contributed by atoms with Crippen molar-refractivity contribution in [3.8, 4) is 0 Å². The maximum absolute atomic E-state index is 12.4. The molecule has 0 fully saturated rings. The van der Waals surface area contributed by atoms with Crippen molar-refractivity contribution in [1.82, 2.24) is 4.98 Å². The monoisotopic (exact) mass is 449 g/mol. The molecule has 5 nitrogen and oxygen atoms in total. The summed E-state index contributed by atoms with van der Waals surface area (Å²) in [6.07, 6.45) is 1.62. The Labute approximate surface area is 156 Å². The van der Waals surface area contributed by atoms with Crippen LogP contribution in [0.15, 0.2) is 60.1 Å². The summed E-state index contributed by atoms with van der Waals surface area (Å²) in [7, 11) is 0. The number of nitrogens with one attached hydrogen (secondary N) is 2. The summed E-state index contributed by atoms with van der Waals surface area (Å²) < 4.78 is 0.968. The first kappa shape index (κ1) is 16.6. The van der Waals surface area contributed by atoms with Crippen molar-refractivity contribution in [2.24, 2.45) is 0 Å². The van der Waals surface area contributed by atoms with Gasteiger partial charge in [0.25, 0.3) is 11.8 Å². The number of thiazole rings is 1. The van der Waals surface area contributed by atoms with Crippen LogP contribution in [0.5, 0.6) is 0 Å². The normalized spacial score (nSPS) is 10.2. The highest BCUT2D eigenvalue weighted by molar-refractivity contribution is 14.1. The molecule has 0 saturated carbocycles. The molecule has 2 aromatic carbocycles. The first-order valence-corrected chi connectivity index (χ1v) is 8.96. The third-order valence-corrected chi connectivity index (χ3v) is 4.52. The van der Waals surface area contributed by atoms with Gasteiger partial charge in [-0.05, 0) is 52.9 Å². The number of amides is 2. The van der Waals surface area contributed by atoms with E-state index < -0.39 is 0 Å². The summed E-state index contributed by atoms with van der Waals surface area (Å²) in [6.45, 7) is 0. The predicted octanol–water partition coefficient (Wildman–Crippen LogP) is 4.25. The number of hydrogen-bond acceptors (Lipinski definition) is 4. The molecule has 7 heteroatoms. The van der Waals surface area contributed by atoms with E-state index in [-0.39, 0.29) is 11.8 Å². The van der Waals surface area contributed by atoms with Gasteiger partial charge in [0.1, 0.15) is 0 Å². The van der Waals surface area contributed by atoms with Gasteiger partial charge >= 0.3 is 0 Å². The molecule has 1 heterocycles. The van der Waals surface area contributed by atoms with Gasteiger partial charge in [-0.25, -0.2) is 4.98 Å².